The molecular formula is C19H23N5O3S. The van der Waals surface area contributed by atoms with Crippen molar-refractivity contribution in [2.75, 3.05) is 51.4 Å². The summed E-state index contributed by atoms with van der Waals surface area (Å²) in [5.41, 5.74) is 1.33. The van der Waals surface area contributed by atoms with Crippen LogP contribution in [0.15, 0.2) is 30.5 Å². The number of carbonyl (C=O) groups is 1. The number of para-hydroxylation sites is 1. The number of hydrogen-bond donors (Lipinski definition) is 0. The van der Waals surface area contributed by atoms with Crippen LogP contribution in [0.3, 0.4) is 0 Å². The first-order valence-corrected chi connectivity index (χ1v) is 10.0. The molecule has 3 heterocycles. The molecule has 0 atom stereocenters. The number of benzene rings is 1. The third-order valence-corrected chi connectivity index (χ3v) is 5.78. The number of fused-ring (bicyclic) bond motifs is 1. The van der Waals surface area contributed by atoms with E-state index in [1.165, 1.54) is 18.4 Å². The zero-order chi connectivity index (χ0) is 19.5. The summed E-state index contributed by atoms with van der Waals surface area (Å²) < 4.78 is 13.4. The minimum atomic E-state index is -0.155. The number of rotatable bonds is 6. The Balaban J connectivity index is 1.64. The van der Waals surface area contributed by atoms with E-state index in [9.17, 15) is 4.79 Å². The van der Waals surface area contributed by atoms with Crippen molar-refractivity contribution in [3.8, 4) is 5.88 Å². The van der Waals surface area contributed by atoms with Gasteiger partial charge in [-0.1, -0.05) is 23.5 Å². The Hall–Kier alpha value is -2.49. The Bertz CT molecular complexity index is 931. The maximum absolute atomic E-state index is 13.4. The molecular weight excluding hydrogens is 378 g/mol. The van der Waals surface area contributed by atoms with Gasteiger partial charge in [0, 0.05) is 39.4 Å². The van der Waals surface area contributed by atoms with Gasteiger partial charge in [-0.15, -0.1) is 5.10 Å². The van der Waals surface area contributed by atoms with E-state index < -0.39 is 0 Å². The van der Waals surface area contributed by atoms with Crippen LogP contribution in [0.25, 0.3) is 10.2 Å². The Morgan fingerprint density at radius 1 is 1.32 bits per heavy atom. The molecule has 8 nitrogen and oxygen atoms in total. The number of hydrogen-bond acceptors (Lipinski definition) is 7. The molecule has 0 aliphatic carbocycles. The first-order chi connectivity index (χ1) is 13.7. The van der Waals surface area contributed by atoms with Crippen LogP contribution in [0.4, 0.5) is 5.13 Å². The maximum atomic E-state index is 13.4. The third kappa shape index (κ3) is 3.87. The van der Waals surface area contributed by atoms with Crippen molar-refractivity contribution in [1.82, 2.24) is 19.7 Å². The van der Waals surface area contributed by atoms with Crippen molar-refractivity contribution >= 4 is 32.6 Å². The van der Waals surface area contributed by atoms with Crippen molar-refractivity contribution in [2.24, 2.45) is 7.05 Å². The molecule has 0 unspecified atom stereocenters. The highest BCUT2D eigenvalue weighted by Gasteiger charge is 2.27. The molecule has 0 radical (unpaired) electrons. The second-order valence-corrected chi connectivity index (χ2v) is 7.61. The average molecular weight is 401 g/mol. The zero-order valence-electron chi connectivity index (χ0n) is 16.0. The molecule has 0 bridgehead atoms. The molecule has 9 heteroatoms. The lowest BCUT2D eigenvalue weighted by Gasteiger charge is -2.29. The molecule has 0 spiro atoms. The van der Waals surface area contributed by atoms with Gasteiger partial charge in [0.05, 0.1) is 30.5 Å². The van der Waals surface area contributed by atoms with E-state index in [1.807, 2.05) is 24.3 Å². The van der Waals surface area contributed by atoms with Crippen LogP contribution in [-0.2, 0) is 11.8 Å². The lowest BCUT2D eigenvalue weighted by molar-refractivity contribution is 0.0391. The summed E-state index contributed by atoms with van der Waals surface area (Å²) in [6.07, 6.45) is 1.69. The van der Waals surface area contributed by atoms with Crippen LogP contribution >= 0.6 is 11.3 Å². The summed E-state index contributed by atoms with van der Waals surface area (Å²) in [6, 6.07) is 7.92. The van der Waals surface area contributed by atoms with Gasteiger partial charge < -0.3 is 9.47 Å². The average Bonchev–Trinajstić information content (AvgIpc) is 3.31. The standard InChI is InChI=1S/C19H23N5O3S/c1-22-13-14(17(21-22)26-2)18(25)24(8-7-23-9-11-27-12-10-23)19-20-15-5-3-4-6-16(15)28-19/h3-6,13H,7-12H2,1-2H3. The highest BCUT2D eigenvalue weighted by Crippen LogP contribution is 2.30. The van der Waals surface area contributed by atoms with Gasteiger partial charge in [0.25, 0.3) is 5.91 Å². The van der Waals surface area contributed by atoms with E-state index in [0.717, 1.165) is 43.1 Å². The Morgan fingerprint density at radius 2 is 2.11 bits per heavy atom. The predicted octanol–water partition coefficient (Wildman–Crippen LogP) is 2.02. The molecule has 1 fully saturated rings. The van der Waals surface area contributed by atoms with E-state index in [4.69, 9.17) is 14.5 Å². The number of morpholine rings is 1. The molecule has 1 saturated heterocycles. The first kappa shape index (κ1) is 18.9. The lowest BCUT2D eigenvalue weighted by atomic mass is 10.3. The minimum absolute atomic E-state index is 0.155. The predicted molar refractivity (Wildman–Crippen MR) is 108 cm³/mol. The van der Waals surface area contributed by atoms with Crippen LogP contribution in [0.5, 0.6) is 5.88 Å². The van der Waals surface area contributed by atoms with Crippen molar-refractivity contribution < 1.29 is 14.3 Å². The smallest absolute Gasteiger partial charge is 0.267 e. The number of aromatic nitrogens is 3. The molecule has 148 valence electrons. The third-order valence-electron chi connectivity index (χ3n) is 4.72. The molecule has 1 aromatic carbocycles. The number of ether oxygens (including phenoxy) is 2. The molecule has 2 aromatic heterocycles. The van der Waals surface area contributed by atoms with E-state index in [0.29, 0.717) is 23.1 Å². The van der Waals surface area contributed by atoms with Crippen LogP contribution in [0.2, 0.25) is 0 Å². The fourth-order valence-corrected chi connectivity index (χ4v) is 4.23. The number of anilines is 1. The SMILES string of the molecule is COc1nn(C)cc1C(=O)N(CCN1CCOCC1)c1nc2ccccc2s1. The summed E-state index contributed by atoms with van der Waals surface area (Å²) in [6.45, 7) is 4.50. The molecule has 1 aliphatic heterocycles. The van der Waals surface area contributed by atoms with Gasteiger partial charge in [-0.2, -0.15) is 0 Å². The zero-order valence-corrected chi connectivity index (χ0v) is 16.8. The molecule has 3 aromatic rings. The quantitative estimate of drug-likeness (QED) is 0.629. The van der Waals surface area contributed by atoms with E-state index in [1.54, 1.807) is 22.8 Å². The summed E-state index contributed by atoms with van der Waals surface area (Å²) in [4.78, 5) is 22.1. The fraction of sp³-hybridized carbons (Fsp3) is 0.421. The summed E-state index contributed by atoms with van der Waals surface area (Å²) in [5.74, 6) is 0.169. The van der Waals surface area contributed by atoms with Crippen LogP contribution in [-0.4, -0.2) is 72.1 Å². The number of nitrogens with zero attached hydrogens (tertiary/aromatic N) is 5. The molecule has 4 rings (SSSR count). The second kappa shape index (κ2) is 8.26. The summed E-state index contributed by atoms with van der Waals surface area (Å²) in [7, 11) is 3.30. The Kier molecular flexibility index (Phi) is 5.56. The van der Waals surface area contributed by atoms with Crippen LogP contribution in [0.1, 0.15) is 10.4 Å². The van der Waals surface area contributed by atoms with Crippen molar-refractivity contribution in [3.05, 3.63) is 36.0 Å². The van der Waals surface area contributed by atoms with Crippen molar-refractivity contribution in [1.29, 1.82) is 0 Å². The first-order valence-electron chi connectivity index (χ1n) is 9.21. The topological polar surface area (TPSA) is 72.7 Å². The largest absolute Gasteiger partial charge is 0.479 e. The summed E-state index contributed by atoms with van der Waals surface area (Å²) >= 11 is 1.52. The number of carbonyl (C=O) groups excluding carboxylic acids is 1. The number of methoxy groups -OCH3 is 1. The van der Waals surface area contributed by atoms with Gasteiger partial charge in [-0.25, -0.2) is 4.98 Å². The van der Waals surface area contributed by atoms with Gasteiger partial charge in [0.2, 0.25) is 5.88 Å². The fourth-order valence-electron chi connectivity index (χ4n) is 3.24. The van der Waals surface area contributed by atoms with Gasteiger partial charge >= 0.3 is 0 Å². The molecule has 1 amide bonds. The van der Waals surface area contributed by atoms with Crippen LogP contribution < -0.4 is 9.64 Å². The molecule has 0 saturated carbocycles. The minimum Gasteiger partial charge on any atom is -0.479 e. The van der Waals surface area contributed by atoms with Gasteiger partial charge in [-0.3, -0.25) is 19.3 Å². The van der Waals surface area contributed by atoms with Gasteiger partial charge in [0.1, 0.15) is 5.56 Å². The Morgan fingerprint density at radius 3 is 2.86 bits per heavy atom. The highest BCUT2D eigenvalue weighted by molar-refractivity contribution is 7.22. The summed E-state index contributed by atoms with van der Waals surface area (Å²) in [5, 5.41) is 4.91. The Labute approximate surface area is 167 Å². The normalized spacial score (nSPS) is 15.1. The van der Waals surface area contributed by atoms with Crippen molar-refractivity contribution in [2.45, 2.75) is 0 Å². The van der Waals surface area contributed by atoms with Gasteiger partial charge in [0.15, 0.2) is 5.13 Å². The molecule has 0 N–H and O–H groups in total. The maximum Gasteiger partial charge on any atom is 0.267 e. The van der Waals surface area contributed by atoms with E-state index >= 15 is 0 Å². The number of thiazole rings is 1. The van der Waals surface area contributed by atoms with Crippen LogP contribution in [0, 0.1) is 0 Å². The monoisotopic (exact) mass is 401 g/mol. The highest BCUT2D eigenvalue weighted by atomic mass is 32.1. The lowest BCUT2D eigenvalue weighted by Crippen LogP contribution is -2.43. The van der Waals surface area contributed by atoms with E-state index in [-0.39, 0.29) is 5.91 Å². The van der Waals surface area contributed by atoms with Gasteiger partial charge in [-0.05, 0) is 12.1 Å². The number of amides is 1. The molecule has 1 aliphatic rings. The van der Waals surface area contributed by atoms with Crippen molar-refractivity contribution in [3.63, 3.8) is 0 Å². The molecule has 28 heavy (non-hydrogen) atoms. The number of aryl methyl sites for hydroxylation is 1. The second-order valence-electron chi connectivity index (χ2n) is 6.60. The van der Waals surface area contributed by atoms with E-state index in [2.05, 4.69) is 10.00 Å².